The summed E-state index contributed by atoms with van der Waals surface area (Å²) < 4.78 is 32.6. The van der Waals surface area contributed by atoms with Crippen molar-refractivity contribution in [1.29, 1.82) is 0 Å². The van der Waals surface area contributed by atoms with Crippen molar-refractivity contribution in [3.63, 3.8) is 0 Å². The summed E-state index contributed by atoms with van der Waals surface area (Å²) in [4.78, 5) is 24.2. The van der Waals surface area contributed by atoms with Gasteiger partial charge in [0, 0.05) is 29.4 Å². The van der Waals surface area contributed by atoms with Crippen LogP contribution < -0.4 is 15.4 Å². The topological polar surface area (TPSA) is 114 Å². The zero-order valence-electron chi connectivity index (χ0n) is 16.1. The molecule has 0 spiro atoms. The molecule has 0 bridgehead atoms. The Morgan fingerprint density at radius 3 is 2.40 bits per heavy atom. The fourth-order valence-corrected chi connectivity index (χ4v) is 4.07. The SMILES string of the molecule is O=C(CNC(=O)c1ccc(S(=O)(=O)NCC2CCCO2)cc1)Nc1ccc(Cl)cc1. The second-order valence-corrected chi connectivity index (χ2v) is 8.95. The van der Waals surface area contributed by atoms with E-state index < -0.39 is 21.8 Å². The number of rotatable bonds is 8. The molecule has 1 heterocycles. The van der Waals surface area contributed by atoms with E-state index in [1.165, 1.54) is 24.3 Å². The second kappa shape index (κ2) is 10.0. The number of hydrogen-bond acceptors (Lipinski definition) is 5. The van der Waals surface area contributed by atoms with E-state index >= 15 is 0 Å². The Hall–Kier alpha value is -2.46. The Morgan fingerprint density at radius 2 is 1.77 bits per heavy atom. The van der Waals surface area contributed by atoms with Gasteiger partial charge in [-0.1, -0.05) is 11.6 Å². The summed E-state index contributed by atoms with van der Waals surface area (Å²) in [5.41, 5.74) is 0.802. The van der Waals surface area contributed by atoms with Crippen LogP contribution in [0.2, 0.25) is 5.02 Å². The molecule has 1 saturated heterocycles. The Labute approximate surface area is 180 Å². The lowest BCUT2D eigenvalue weighted by molar-refractivity contribution is -0.115. The first-order chi connectivity index (χ1) is 14.3. The van der Waals surface area contributed by atoms with Crippen LogP contribution in [0.4, 0.5) is 5.69 Å². The van der Waals surface area contributed by atoms with Crippen molar-refractivity contribution in [3.05, 3.63) is 59.1 Å². The zero-order chi connectivity index (χ0) is 21.6. The summed E-state index contributed by atoms with van der Waals surface area (Å²) in [6, 6.07) is 12.1. The van der Waals surface area contributed by atoms with E-state index in [4.69, 9.17) is 16.3 Å². The minimum Gasteiger partial charge on any atom is -0.377 e. The van der Waals surface area contributed by atoms with E-state index in [2.05, 4.69) is 15.4 Å². The first-order valence-corrected chi connectivity index (χ1v) is 11.2. The Morgan fingerprint density at radius 1 is 1.07 bits per heavy atom. The van der Waals surface area contributed by atoms with E-state index in [1.54, 1.807) is 24.3 Å². The molecular formula is C20H22ClN3O5S. The summed E-state index contributed by atoms with van der Waals surface area (Å²) in [5.74, 6) is -0.888. The van der Waals surface area contributed by atoms with Crippen LogP contribution in [0.3, 0.4) is 0 Å². The van der Waals surface area contributed by atoms with Crippen LogP contribution >= 0.6 is 11.6 Å². The third kappa shape index (κ3) is 6.27. The van der Waals surface area contributed by atoms with Gasteiger partial charge in [-0.15, -0.1) is 0 Å². The first kappa shape index (κ1) is 22.2. The predicted octanol–water partition coefficient (Wildman–Crippen LogP) is 2.17. The Bertz CT molecular complexity index is 988. The molecule has 1 fully saturated rings. The molecule has 3 rings (SSSR count). The average Bonchev–Trinajstić information content (AvgIpc) is 3.26. The third-order valence-electron chi connectivity index (χ3n) is 4.49. The van der Waals surface area contributed by atoms with Gasteiger partial charge >= 0.3 is 0 Å². The lowest BCUT2D eigenvalue weighted by Gasteiger charge is -2.12. The van der Waals surface area contributed by atoms with Crippen LogP contribution in [0.25, 0.3) is 0 Å². The summed E-state index contributed by atoms with van der Waals surface area (Å²) >= 11 is 5.79. The highest BCUT2D eigenvalue weighted by atomic mass is 35.5. The standard InChI is InChI=1S/C20H22ClN3O5S/c21-15-5-7-16(8-6-15)24-19(25)13-22-20(26)14-3-9-18(10-4-14)30(27,28)23-12-17-2-1-11-29-17/h3-10,17,23H,1-2,11-13H2,(H,22,26)(H,24,25). The van der Waals surface area contributed by atoms with Gasteiger partial charge in [0.1, 0.15) is 0 Å². The largest absolute Gasteiger partial charge is 0.377 e. The maximum absolute atomic E-state index is 12.4. The summed E-state index contributed by atoms with van der Waals surface area (Å²) in [7, 11) is -3.69. The fourth-order valence-electron chi connectivity index (χ4n) is 2.88. The van der Waals surface area contributed by atoms with Crippen LogP contribution in [-0.2, 0) is 19.6 Å². The molecule has 160 valence electrons. The molecule has 0 radical (unpaired) electrons. The Kier molecular flexibility index (Phi) is 7.43. The predicted molar refractivity (Wildman–Crippen MR) is 113 cm³/mol. The monoisotopic (exact) mass is 451 g/mol. The number of nitrogens with one attached hydrogen (secondary N) is 3. The molecule has 0 aromatic heterocycles. The Balaban J connectivity index is 1.50. The molecule has 1 atom stereocenters. The number of hydrogen-bond donors (Lipinski definition) is 3. The molecule has 2 aromatic rings. The maximum Gasteiger partial charge on any atom is 0.251 e. The van der Waals surface area contributed by atoms with E-state index in [0.29, 0.717) is 17.3 Å². The summed E-state index contributed by atoms with van der Waals surface area (Å²) in [5, 5.41) is 5.67. The van der Waals surface area contributed by atoms with Gasteiger partial charge in [0.2, 0.25) is 15.9 Å². The molecule has 1 unspecified atom stereocenters. The number of ether oxygens (including phenoxy) is 1. The highest BCUT2D eigenvalue weighted by Gasteiger charge is 2.20. The minimum atomic E-state index is -3.69. The number of carbonyl (C=O) groups is 2. The van der Waals surface area contributed by atoms with E-state index in [1.807, 2.05) is 0 Å². The molecule has 1 aliphatic rings. The molecule has 1 aliphatic heterocycles. The van der Waals surface area contributed by atoms with E-state index in [-0.39, 0.29) is 29.7 Å². The third-order valence-corrected chi connectivity index (χ3v) is 6.18. The van der Waals surface area contributed by atoms with E-state index in [0.717, 1.165) is 12.8 Å². The second-order valence-electron chi connectivity index (χ2n) is 6.75. The molecule has 0 saturated carbocycles. The van der Waals surface area contributed by atoms with Gasteiger partial charge in [-0.3, -0.25) is 9.59 Å². The van der Waals surface area contributed by atoms with Gasteiger partial charge in [0.15, 0.2) is 0 Å². The lowest BCUT2D eigenvalue weighted by Crippen LogP contribution is -2.33. The highest BCUT2D eigenvalue weighted by molar-refractivity contribution is 7.89. The zero-order valence-corrected chi connectivity index (χ0v) is 17.6. The lowest BCUT2D eigenvalue weighted by atomic mass is 10.2. The van der Waals surface area contributed by atoms with Crippen LogP contribution in [0, 0.1) is 0 Å². The van der Waals surface area contributed by atoms with Gasteiger partial charge in [-0.05, 0) is 61.4 Å². The van der Waals surface area contributed by atoms with Crippen LogP contribution in [0.1, 0.15) is 23.2 Å². The number of benzene rings is 2. The normalized spacial score (nSPS) is 16.2. The maximum atomic E-state index is 12.4. The van der Waals surface area contributed by atoms with Crippen LogP contribution in [0.5, 0.6) is 0 Å². The fraction of sp³-hybridized carbons (Fsp3) is 0.300. The molecular weight excluding hydrogens is 430 g/mol. The van der Waals surface area contributed by atoms with Gasteiger partial charge in [-0.2, -0.15) is 0 Å². The summed E-state index contributed by atoms with van der Waals surface area (Å²) in [6.45, 7) is 0.631. The van der Waals surface area contributed by atoms with Crippen molar-refractivity contribution in [1.82, 2.24) is 10.0 Å². The highest BCUT2D eigenvalue weighted by Crippen LogP contribution is 2.15. The first-order valence-electron chi connectivity index (χ1n) is 9.38. The number of carbonyl (C=O) groups excluding carboxylic acids is 2. The molecule has 8 nitrogen and oxygen atoms in total. The van der Waals surface area contributed by atoms with Crippen LogP contribution in [0.15, 0.2) is 53.4 Å². The number of anilines is 1. The summed E-state index contributed by atoms with van der Waals surface area (Å²) in [6.07, 6.45) is 1.64. The van der Waals surface area contributed by atoms with Crippen molar-refractivity contribution >= 4 is 39.1 Å². The number of sulfonamides is 1. The number of halogens is 1. The van der Waals surface area contributed by atoms with Crippen molar-refractivity contribution in [2.45, 2.75) is 23.8 Å². The van der Waals surface area contributed by atoms with Crippen molar-refractivity contribution in [2.24, 2.45) is 0 Å². The average molecular weight is 452 g/mol. The number of amides is 2. The minimum absolute atomic E-state index is 0.0533. The molecule has 10 heteroatoms. The van der Waals surface area contributed by atoms with Gasteiger partial charge in [-0.25, -0.2) is 13.1 Å². The van der Waals surface area contributed by atoms with Crippen molar-refractivity contribution in [3.8, 4) is 0 Å². The van der Waals surface area contributed by atoms with Gasteiger partial charge in [0.25, 0.3) is 5.91 Å². The van der Waals surface area contributed by atoms with Gasteiger partial charge in [0.05, 0.1) is 17.5 Å². The molecule has 30 heavy (non-hydrogen) atoms. The van der Waals surface area contributed by atoms with Gasteiger partial charge < -0.3 is 15.4 Å². The van der Waals surface area contributed by atoms with Crippen molar-refractivity contribution in [2.75, 3.05) is 25.0 Å². The van der Waals surface area contributed by atoms with E-state index in [9.17, 15) is 18.0 Å². The molecule has 0 aliphatic carbocycles. The van der Waals surface area contributed by atoms with Crippen LogP contribution in [-0.4, -0.2) is 46.0 Å². The smallest absolute Gasteiger partial charge is 0.251 e. The molecule has 3 N–H and O–H groups in total. The quantitative estimate of drug-likeness (QED) is 0.569. The molecule has 2 aromatic carbocycles. The van der Waals surface area contributed by atoms with Crippen molar-refractivity contribution < 1.29 is 22.7 Å². The molecule has 2 amide bonds.